The summed E-state index contributed by atoms with van der Waals surface area (Å²) >= 11 is 3.17. The van der Waals surface area contributed by atoms with Crippen molar-refractivity contribution in [3.8, 4) is 10.4 Å². The fourth-order valence-corrected chi connectivity index (χ4v) is 5.81. The lowest BCUT2D eigenvalue weighted by molar-refractivity contribution is -0.149. The van der Waals surface area contributed by atoms with E-state index < -0.39 is 35.5 Å². The third kappa shape index (κ3) is 8.23. The summed E-state index contributed by atoms with van der Waals surface area (Å²) in [7, 11) is 0. The van der Waals surface area contributed by atoms with E-state index >= 15 is 0 Å². The predicted octanol–water partition coefficient (Wildman–Crippen LogP) is 4.11. The van der Waals surface area contributed by atoms with Gasteiger partial charge in [-0.05, 0) is 43.4 Å². The number of likely N-dealkylation sites (tertiary alicyclic amines) is 1. The van der Waals surface area contributed by atoms with Crippen LogP contribution in [0.25, 0.3) is 10.4 Å². The number of ether oxygens (including phenoxy) is 1. The minimum Gasteiger partial charge on any atom is -0.460 e. The number of aromatic nitrogens is 1. The topological polar surface area (TPSA) is 144 Å². The molecule has 218 valence electrons. The van der Waals surface area contributed by atoms with Crippen LogP contribution in [0.4, 0.5) is 4.79 Å². The van der Waals surface area contributed by atoms with E-state index in [-0.39, 0.29) is 35.2 Å². The number of esters is 1. The van der Waals surface area contributed by atoms with E-state index in [9.17, 15) is 19.2 Å². The van der Waals surface area contributed by atoms with Crippen LogP contribution in [0.1, 0.15) is 64.3 Å². The maximum atomic E-state index is 13.7. The molecule has 1 saturated heterocycles. The van der Waals surface area contributed by atoms with Crippen LogP contribution in [-0.4, -0.2) is 62.9 Å². The molecule has 1 aromatic carbocycles. The van der Waals surface area contributed by atoms with E-state index in [1.165, 1.54) is 4.90 Å². The second-order valence-corrected chi connectivity index (χ2v) is 12.9. The highest BCUT2D eigenvalue weighted by Crippen LogP contribution is 2.30. The van der Waals surface area contributed by atoms with Crippen molar-refractivity contribution in [1.82, 2.24) is 20.5 Å². The van der Waals surface area contributed by atoms with Gasteiger partial charge in [0.15, 0.2) is 0 Å². The largest absolute Gasteiger partial charge is 0.460 e. The van der Waals surface area contributed by atoms with E-state index in [1.807, 2.05) is 64.4 Å². The molecule has 1 aromatic heterocycles. The Morgan fingerprint density at radius 2 is 1.88 bits per heavy atom. The lowest BCUT2D eigenvalue weighted by Gasteiger charge is -2.35. The van der Waals surface area contributed by atoms with Crippen molar-refractivity contribution in [3.05, 3.63) is 41.0 Å². The van der Waals surface area contributed by atoms with E-state index in [2.05, 4.69) is 15.6 Å². The molecule has 4 N–H and O–H groups in total. The minimum absolute atomic E-state index is 0.0618. The monoisotopic (exact) mass is 683 g/mol. The molecule has 3 amide bonds. The Kier molecular flexibility index (Phi) is 11.1. The summed E-state index contributed by atoms with van der Waals surface area (Å²) in [6.07, 6.45) is 0.182. The molecule has 1 aliphatic heterocycles. The molecule has 1 aliphatic rings. The molecule has 0 bridgehead atoms. The first-order valence-electron chi connectivity index (χ1n) is 13.3. The molecule has 0 radical (unpaired) electrons. The Morgan fingerprint density at radius 3 is 2.42 bits per heavy atom. The van der Waals surface area contributed by atoms with Crippen LogP contribution in [0, 0.1) is 12.3 Å². The molecule has 2 aromatic rings. The van der Waals surface area contributed by atoms with E-state index in [0.29, 0.717) is 13.0 Å². The van der Waals surface area contributed by atoms with Crippen LogP contribution in [0.15, 0.2) is 29.8 Å². The summed E-state index contributed by atoms with van der Waals surface area (Å²) in [6, 6.07) is 5.87. The number of aryl methyl sites for hydroxylation is 1. The van der Waals surface area contributed by atoms with Crippen LogP contribution < -0.4 is 16.4 Å². The highest BCUT2D eigenvalue weighted by molar-refractivity contribution is 14.1. The molecule has 2 heterocycles. The van der Waals surface area contributed by atoms with E-state index in [4.69, 9.17) is 10.5 Å². The number of nitrogens with one attached hydrogen (secondary N) is 2. The predicted molar refractivity (Wildman–Crippen MR) is 163 cm³/mol. The molecule has 4 unspecified atom stereocenters. The summed E-state index contributed by atoms with van der Waals surface area (Å²) in [6.45, 7) is 9.80. The van der Waals surface area contributed by atoms with Crippen LogP contribution in [0.3, 0.4) is 0 Å². The molecule has 10 nitrogen and oxygen atoms in total. The number of halogens is 1. The summed E-state index contributed by atoms with van der Waals surface area (Å²) in [4.78, 5) is 58.4. The van der Waals surface area contributed by atoms with E-state index in [1.54, 1.807) is 33.9 Å². The van der Waals surface area contributed by atoms with Gasteiger partial charge in [-0.3, -0.25) is 19.2 Å². The van der Waals surface area contributed by atoms with Gasteiger partial charge < -0.3 is 26.0 Å². The van der Waals surface area contributed by atoms with Crippen LogP contribution in [-0.2, 0) is 19.1 Å². The summed E-state index contributed by atoms with van der Waals surface area (Å²) in [5, 5.41) is 5.75. The number of nitrogens with two attached hydrogens (primary N) is 1. The fraction of sp³-hybridized carbons (Fsp3) is 0.536. The number of nitrogens with zero attached hydrogens (tertiary/aromatic N) is 2. The number of amides is 3. The van der Waals surface area contributed by atoms with Gasteiger partial charge in [0.05, 0.1) is 28.7 Å². The Balaban J connectivity index is 1.79. The first-order chi connectivity index (χ1) is 18.8. The van der Waals surface area contributed by atoms with Crippen molar-refractivity contribution in [2.45, 2.75) is 78.1 Å². The second-order valence-electron chi connectivity index (χ2n) is 11.1. The highest BCUT2D eigenvalue weighted by atomic mass is 127. The lowest BCUT2D eigenvalue weighted by Crippen LogP contribution is -2.57. The second kappa shape index (κ2) is 13.9. The average Bonchev–Trinajstić information content (AvgIpc) is 3.51. The maximum Gasteiger partial charge on any atom is 0.306 e. The third-order valence-electron chi connectivity index (χ3n) is 6.88. The smallest absolute Gasteiger partial charge is 0.306 e. The molecule has 0 spiro atoms. The molecule has 12 heteroatoms. The van der Waals surface area contributed by atoms with Gasteiger partial charge in [0.1, 0.15) is 18.2 Å². The van der Waals surface area contributed by atoms with Crippen molar-refractivity contribution < 1.29 is 23.9 Å². The van der Waals surface area contributed by atoms with Crippen molar-refractivity contribution in [1.29, 1.82) is 0 Å². The van der Waals surface area contributed by atoms with Gasteiger partial charge in [-0.2, -0.15) is 0 Å². The Bertz CT molecular complexity index is 1210. The molecule has 4 atom stereocenters. The number of benzene rings is 1. The average molecular weight is 684 g/mol. The zero-order valence-corrected chi connectivity index (χ0v) is 26.5. The lowest BCUT2D eigenvalue weighted by atomic mass is 9.85. The van der Waals surface area contributed by atoms with Gasteiger partial charge in [0, 0.05) is 35.4 Å². The number of carbonyl (C=O) groups excluding carboxylic acids is 4. The highest BCUT2D eigenvalue weighted by Gasteiger charge is 2.46. The third-order valence-corrected chi connectivity index (χ3v) is 8.17. The van der Waals surface area contributed by atoms with Gasteiger partial charge in [0.25, 0.3) is 3.91 Å². The number of hydrogen-bond donors (Lipinski definition) is 3. The standard InChI is InChI=1S/C28H38IN5O5S/c1-16(18-8-10-19(11-9-18)23-17(2)31-15-40-23)32-25(36)21-13-20(39-22(35)7-6-12-30)14-34(21)26(37)24(28(3,4)5)33-27(29)38/h8-11,15-16,20-21,24H,6-7,12-14,30H2,1-5H3,(H,32,36)(H,33,38). The molecule has 1 fully saturated rings. The van der Waals surface area contributed by atoms with Crippen LogP contribution in [0.2, 0.25) is 0 Å². The minimum atomic E-state index is -0.864. The first kappa shape index (κ1) is 31.9. The van der Waals surface area contributed by atoms with Crippen LogP contribution >= 0.6 is 33.9 Å². The molecule has 0 saturated carbocycles. The van der Waals surface area contributed by atoms with Gasteiger partial charge in [-0.15, -0.1) is 11.3 Å². The Labute approximate surface area is 252 Å². The van der Waals surface area contributed by atoms with Gasteiger partial charge in [-0.1, -0.05) is 45.0 Å². The normalized spacial score (nSPS) is 18.6. The molecule has 3 rings (SSSR count). The summed E-state index contributed by atoms with van der Waals surface area (Å²) < 4.78 is 5.23. The van der Waals surface area contributed by atoms with Gasteiger partial charge in [-0.25, -0.2) is 4.98 Å². The van der Waals surface area contributed by atoms with E-state index in [0.717, 1.165) is 21.7 Å². The number of thiazole rings is 1. The van der Waals surface area contributed by atoms with Crippen molar-refractivity contribution >= 4 is 55.6 Å². The van der Waals surface area contributed by atoms with Crippen LogP contribution in [0.5, 0.6) is 0 Å². The molecular formula is C28H38IN5O5S. The Hall–Kier alpha value is -2.58. The summed E-state index contributed by atoms with van der Waals surface area (Å²) in [5.41, 5.74) is 9.64. The summed E-state index contributed by atoms with van der Waals surface area (Å²) in [5.74, 6) is -1.16. The van der Waals surface area contributed by atoms with Crippen molar-refractivity contribution in [2.24, 2.45) is 11.1 Å². The van der Waals surface area contributed by atoms with Gasteiger partial charge in [0.2, 0.25) is 11.8 Å². The molecular weight excluding hydrogens is 645 g/mol. The zero-order valence-electron chi connectivity index (χ0n) is 23.5. The fourth-order valence-electron chi connectivity index (χ4n) is 4.69. The Morgan fingerprint density at radius 1 is 1.20 bits per heavy atom. The molecule has 40 heavy (non-hydrogen) atoms. The number of hydrogen-bond acceptors (Lipinski definition) is 8. The first-order valence-corrected chi connectivity index (χ1v) is 15.2. The number of rotatable bonds is 10. The SMILES string of the molecule is Cc1ncsc1-c1ccc(C(C)NC(=O)C2CC(OC(=O)CCCN)CN2C(=O)C(NC(=O)I)C(C)(C)C)cc1. The number of carbonyl (C=O) groups is 4. The maximum absolute atomic E-state index is 13.7. The molecule has 0 aliphatic carbocycles. The van der Waals surface area contributed by atoms with Gasteiger partial charge >= 0.3 is 5.97 Å². The van der Waals surface area contributed by atoms with Crippen molar-refractivity contribution in [2.75, 3.05) is 13.1 Å². The quantitative estimate of drug-likeness (QED) is 0.148. The zero-order chi connectivity index (χ0) is 29.6. The van der Waals surface area contributed by atoms with Crippen molar-refractivity contribution in [3.63, 3.8) is 0 Å².